The largest absolute Gasteiger partial charge is 0.454 e. The van der Waals surface area contributed by atoms with Crippen LogP contribution in [0.2, 0.25) is 0 Å². The number of furan rings is 1. The first-order valence-corrected chi connectivity index (χ1v) is 9.49. The van der Waals surface area contributed by atoms with Crippen LogP contribution < -0.4 is 0 Å². The maximum absolute atomic E-state index is 6.30. The van der Waals surface area contributed by atoms with Crippen LogP contribution in [0, 0.1) is 6.92 Å². The molecule has 28 heavy (non-hydrogen) atoms. The lowest BCUT2D eigenvalue weighted by atomic mass is 9.90. The summed E-state index contributed by atoms with van der Waals surface area (Å²) in [6.45, 7) is 2.20. The fourth-order valence-corrected chi connectivity index (χ4v) is 4.43. The van der Waals surface area contributed by atoms with Crippen LogP contribution in [-0.4, -0.2) is 4.98 Å². The molecule has 0 amide bonds. The number of pyridine rings is 1. The number of para-hydroxylation sites is 1. The summed E-state index contributed by atoms with van der Waals surface area (Å²) in [5.41, 5.74) is 5.09. The quantitative estimate of drug-likeness (QED) is 0.289. The van der Waals surface area contributed by atoms with E-state index in [0.29, 0.717) is 0 Å². The first kappa shape index (κ1) is 15.4. The number of aryl methyl sites for hydroxylation is 1. The third kappa shape index (κ3) is 2.00. The van der Waals surface area contributed by atoms with Gasteiger partial charge < -0.3 is 4.42 Å². The molecule has 0 bridgehead atoms. The molecule has 0 saturated heterocycles. The molecule has 0 spiro atoms. The van der Waals surface area contributed by atoms with Crippen LogP contribution in [0.3, 0.4) is 0 Å². The normalized spacial score (nSPS) is 11.8. The molecule has 0 aliphatic heterocycles. The minimum atomic E-state index is 0.850. The van der Waals surface area contributed by atoms with Crippen molar-refractivity contribution in [3.63, 3.8) is 0 Å². The van der Waals surface area contributed by atoms with Gasteiger partial charge in [-0.25, -0.2) is 0 Å². The average molecular weight is 359 g/mol. The molecule has 132 valence electrons. The van der Waals surface area contributed by atoms with E-state index < -0.39 is 0 Å². The molecule has 0 aliphatic carbocycles. The van der Waals surface area contributed by atoms with Gasteiger partial charge in [0.1, 0.15) is 11.3 Å². The number of hydrogen-bond donors (Lipinski definition) is 0. The highest BCUT2D eigenvalue weighted by molar-refractivity contribution is 6.19. The first-order chi connectivity index (χ1) is 13.8. The number of rotatable bonds is 1. The molecule has 0 saturated carbocycles. The lowest BCUT2D eigenvalue weighted by molar-refractivity contribution is 0.668. The number of nitrogens with zero attached hydrogens (tertiary/aromatic N) is 1. The molecule has 0 aliphatic rings. The monoisotopic (exact) mass is 359 g/mol. The number of aromatic nitrogens is 1. The minimum Gasteiger partial charge on any atom is -0.454 e. The van der Waals surface area contributed by atoms with E-state index in [-0.39, 0.29) is 0 Å². The van der Waals surface area contributed by atoms with Crippen molar-refractivity contribution < 1.29 is 4.42 Å². The number of benzene rings is 4. The molecule has 2 heterocycles. The van der Waals surface area contributed by atoms with Gasteiger partial charge in [0.2, 0.25) is 0 Å². The van der Waals surface area contributed by atoms with Crippen molar-refractivity contribution in [2.75, 3.05) is 0 Å². The lowest BCUT2D eigenvalue weighted by Gasteiger charge is -2.14. The average Bonchev–Trinajstić information content (AvgIpc) is 3.14. The van der Waals surface area contributed by atoms with Crippen molar-refractivity contribution in [2.24, 2.45) is 0 Å². The SMILES string of the molecule is Cc1c2ccccc2c(-c2nccc3c2oc2ccccc23)c2ccccc12. The lowest BCUT2D eigenvalue weighted by Crippen LogP contribution is -1.91. The zero-order valence-corrected chi connectivity index (χ0v) is 15.4. The van der Waals surface area contributed by atoms with E-state index in [1.54, 1.807) is 0 Å². The smallest absolute Gasteiger partial charge is 0.161 e. The second-order valence-corrected chi connectivity index (χ2v) is 7.23. The molecule has 6 rings (SSSR count). The molecule has 0 N–H and O–H groups in total. The summed E-state index contributed by atoms with van der Waals surface area (Å²) < 4.78 is 6.30. The van der Waals surface area contributed by atoms with Gasteiger partial charge in [0.15, 0.2) is 5.58 Å². The molecule has 2 nitrogen and oxygen atoms in total. The van der Waals surface area contributed by atoms with Crippen LogP contribution in [0.15, 0.2) is 89.5 Å². The summed E-state index contributed by atoms with van der Waals surface area (Å²) in [4.78, 5) is 4.81. The van der Waals surface area contributed by atoms with Gasteiger partial charge in [0, 0.05) is 22.5 Å². The Morgan fingerprint density at radius 3 is 1.86 bits per heavy atom. The molecule has 2 aromatic heterocycles. The van der Waals surface area contributed by atoms with Gasteiger partial charge >= 0.3 is 0 Å². The van der Waals surface area contributed by atoms with E-state index in [2.05, 4.69) is 61.5 Å². The van der Waals surface area contributed by atoms with Crippen LogP contribution in [0.1, 0.15) is 5.56 Å². The second-order valence-electron chi connectivity index (χ2n) is 7.23. The zero-order valence-electron chi connectivity index (χ0n) is 15.4. The fraction of sp³-hybridized carbons (Fsp3) is 0.0385. The van der Waals surface area contributed by atoms with Crippen molar-refractivity contribution in [2.45, 2.75) is 6.92 Å². The van der Waals surface area contributed by atoms with E-state index in [9.17, 15) is 0 Å². The van der Waals surface area contributed by atoms with Crippen molar-refractivity contribution in [3.05, 3.63) is 90.6 Å². The summed E-state index contributed by atoms with van der Waals surface area (Å²) >= 11 is 0. The van der Waals surface area contributed by atoms with Gasteiger partial charge in [-0.3, -0.25) is 4.98 Å². The van der Waals surface area contributed by atoms with Gasteiger partial charge in [-0.15, -0.1) is 0 Å². The predicted molar refractivity (Wildman–Crippen MR) is 117 cm³/mol. The third-order valence-corrected chi connectivity index (χ3v) is 5.73. The van der Waals surface area contributed by atoms with Crippen LogP contribution in [0.5, 0.6) is 0 Å². The molecule has 2 heteroatoms. The molecule has 0 atom stereocenters. The Balaban J connectivity index is 1.86. The highest BCUT2D eigenvalue weighted by atomic mass is 16.3. The molecule has 0 fully saturated rings. The van der Waals surface area contributed by atoms with Crippen molar-refractivity contribution in [1.82, 2.24) is 4.98 Å². The first-order valence-electron chi connectivity index (χ1n) is 9.49. The van der Waals surface area contributed by atoms with E-state index in [4.69, 9.17) is 9.40 Å². The van der Waals surface area contributed by atoms with Crippen LogP contribution in [0.4, 0.5) is 0 Å². The molecular weight excluding hydrogens is 342 g/mol. The Hall–Kier alpha value is -3.65. The highest BCUT2D eigenvalue weighted by Crippen LogP contribution is 2.42. The van der Waals surface area contributed by atoms with Gasteiger partial charge in [0.25, 0.3) is 0 Å². The topological polar surface area (TPSA) is 26.0 Å². The summed E-state index contributed by atoms with van der Waals surface area (Å²) in [7, 11) is 0. The Kier molecular flexibility index (Phi) is 3.12. The Morgan fingerprint density at radius 2 is 1.18 bits per heavy atom. The fourth-order valence-electron chi connectivity index (χ4n) is 4.43. The van der Waals surface area contributed by atoms with Crippen LogP contribution in [0.25, 0.3) is 54.7 Å². The Bertz CT molecular complexity index is 1470. The van der Waals surface area contributed by atoms with Gasteiger partial charge in [-0.1, -0.05) is 66.7 Å². The summed E-state index contributed by atoms with van der Waals surface area (Å²) in [5, 5.41) is 7.16. The van der Waals surface area contributed by atoms with Gasteiger partial charge in [0.05, 0.1) is 0 Å². The van der Waals surface area contributed by atoms with Gasteiger partial charge in [-0.05, 0) is 46.2 Å². The van der Waals surface area contributed by atoms with E-state index in [0.717, 1.165) is 33.2 Å². The van der Waals surface area contributed by atoms with E-state index in [1.165, 1.54) is 27.1 Å². The Labute approximate surface area is 162 Å². The maximum atomic E-state index is 6.30. The second kappa shape index (κ2) is 5.67. The van der Waals surface area contributed by atoms with Crippen molar-refractivity contribution >= 4 is 43.5 Å². The van der Waals surface area contributed by atoms with Crippen molar-refractivity contribution in [1.29, 1.82) is 0 Å². The minimum absolute atomic E-state index is 0.850. The van der Waals surface area contributed by atoms with E-state index >= 15 is 0 Å². The van der Waals surface area contributed by atoms with Crippen LogP contribution >= 0.6 is 0 Å². The molecule has 0 radical (unpaired) electrons. The molecular formula is C26H17NO. The molecule has 6 aromatic rings. The predicted octanol–water partition coefficient (Wildman–Crippen LogP) is 7.26. The maximum Gasteiger partial charge on any atom is 0.161 e. The standard InChI is InChI=1S/C26H17NO/c1-16-17-8-2-4-11-20(17)24(21-12-5-3-9-18(16)21)25-26-22(14-15-27-25)19-10-6-7-13-23(19)28-26/h2-15H,1H3. The third-order valence-electron chi connectivity index (χ3n) is 5.73. The number of hydrogen-bond acceptors (Lipinski definition) is 2. The molecule has 4 aromatic carbocycles. The van der Waals surface area contributed by atoms with E-state index in [1.807, 2.05) is 30.5 Å². The van der Waals surface area contributed by atoms with Crippen molar-refractivity contribution in [3.8, 4) is 11.3 Å². The number of fused-ring (bicyclic) bond motifs is 5. The zero-order chi connectivity index (χ0) is 18.7. The Morgan fingerprint density at radius 1 is 0.607 bits per heavy atom. The van der Waals surface area contributed by atoms with Gasteiger partial charge in [-0.2, -0.15) is 0 Å². The van der Waals surface area contributed by atoms with Crippen LogP contribution in [-0.2, 0) is 0 Å². The summed E-state index contributed by atoms with van der Waals surface area (Å²) in [6.07, 6.45) is 1.89. The summed E-state index contributed by atoms with van der Waals surface area (Å²) in [6, 6.07) is 27.4. The highest BCUT2D eigenvalue weighted by Gasteiger charge is 2.18. The molecule has 0 unspecified atom stereocenters. The summed E-state index contributed by atoms with van der Waals surface area (Å²) in [5.74, 6) is 0.